The van der Waals surface area contributed by atoms with Gasteiger partial charge in [-0.25, -0.2) is 0 Å². The lowest BCUT2D eigenvalue weighted by molar-refractivity contribution is 0.102. The average Bonchev–Trinajstić information content (AvgIpc) is 3.16. The Morgan fingerprint density at radius 1 is 1.50 bits per heavy atom. The molecule has 1 aromatic heterocycles. The van der Waals surface area contributed by atoms with Crippen molar-refractivity contribution in [2.45, 2.75) is 25.8 Å². The molecule has 4 heteroatoms. The van der Waals surface area contributed by atoms with Crippen LogP contribution in [0.25, 0.3) is 0 Å². The maximum absolute atomic E-state index is 8.75. The molecular formula is C16H23NO2S. The lowest BCUT2D eigenvalue weighted by Crippen LogP contribution is -2.23. The van der Waals surface area contributed by atoms with E-state index in [2.05, 4.69) is 35.2 Å². The van der Waals surface area contributed by atoms with Gasteiger partial charge in [0.1, 0.15) is 0 Å². The smallest absolute Gasteiger partial charge is 0.0593 e. The Kier molecular flexibility index (Phi) is 6.55. The molecule has 0 amide bonds. The van der Waals surface area contributed by atoms with Crippen LogP contribution in [0.3, 0.4) is 0 Å². The molecule has 0 radical (unpaired) electrons. The van der Waals surface area contributed by atoms with E-state index in [1.165, 1.54) is 17.7 Å². The standard InChI is InChI=1S/C16H23NO2S/c1-17(8-10-19-13-14-5-6-14)12-16-15(7-11-20-16)4-2-3-9-18/h7,11,14,18H,3,5-6,8-10,12-13H2,1H3. The number of thiophene rings is 1. The quantitative estimate of drug-likeness (QED) is 0.590. The Bertz CT molecular complexity index is 457. The van der Waals surface area contributed by atoms with Crippen LogP contribution in [0.2, 0.25) is 0 Å². The summed E-state index contributed by atoms with van der Waals surface area (Å²) >= 11 is 1.74. The van der Waals surface area contributed by atoms with E-state index in [1.54, 1.807) is 11.3 Å². The lowest BCUT2D eigenvalue weighted by atomic mass is 10.2. The van der Waals surface area contributed by atoms with Crippen LogP contribution >= 0.6 is 11.3 Å². The molecule has 110 valence electrons. The Labute approximate surface area is 125 Å². The van der Waals surface area contributed by atoms with Gasteiger partial charge in [0.15, 0.2) is 0 Å². The monoisotopic (exact) mass is 293 g/mol. The molecule has 0 saturated heterocycles. The molecule has 0 aliphatic heterocycles. The highest BCUT2D eigenvalue weighted by molar-refractivity contribution is 7.10. The average molecular weight is 293 g/mol. The van der Waals surface area contributed by atoms with Gasteiger partial charge in [-0.15, -0.1) is 11.3 Å². The minimum absolute atomic E-state index is 0.130. The van der Waals surface area contributed by atoms with E-state index in [-0.39, 0.29) is 6.61 Å². The summed E-state index contributed by atoms with van der Waals surface area (Å²) in [5, 5.41) is 10.8. The molecule has 0 spiro atoms. The maximum Gasteiger partial charge on any atom is 0.0593 e. The molecule has 3 nitrogen and oxygen atoms in total. The molecule has 1 N–H and O–H groups in total. The van der Waals surface area contributed by atoms with Gasteiger partial charge in [0.25, 0.3) is 0 Å². The van der Waals surface area contributed by atoms with Crippen LogP contribution in [0.5, 0.6) is 0 Å². The molecule has 1 heterocycles. The molecule has 1 aromatic rings. The summed E-state index contributed by atoms with van der Waals surface area (Å²) < 4.78 is 5.66. The van der Waals surface area contributed by atoms with Crippen LogP contribution in [0.4, 0.5) is 0 Å². The van der Waals surface area contributed by atoms with Gasteiger partial charge in [-0.2, -0.15) is 0 Å². The number of rotatable bonds is 8. The summed E-state index contributed by atoms with van der Waals surface area (Å²) in [6, 6.07) is 2.06. The summed E-state index contributed by atoms with van der Waals surface area (Å²) in [5.74, 6) is 6.96. The van der Waals surface area contributed by atoms with Gasteiger partial charge < -0.3 is 9.84 Å². The van der Waals surface area contributed by atoms with Crippen molar-refractivity contribution in [1.29, 1.82) is 0 Å². The largest absolute Gasteiger partial charge is 0.395 e. The molecule has 0 bridgehead atoms. The van der Waals surface area contributed by atoms with Gasteiger partial charge in [-0.05, 0) is 37.3 Å². The summed E-state index contributed by atoms with van der Waals surface area (Å²) in [7, 11) is 2.12. The Morgan fingerprint density at radius 3 is 3.10 bits per heavy atom. The van der Waals surface area contributed by atoms with Crippen molar-refractivity contribution < 1.29 is 9.84 Å². The predicted octanol–water partition coefficient (Wildman–Crippen LogP) is 2.34. The van der Waals surface area contributed by atoms with E-state index in [0.717, 1.165) is 37.8 Å². The molecule has 2 rings (SSSR count). The number of likely N-dealkylation sites (N-methyl/N-ethyl adjacent to an activating group) is 1. The molecule has 1 aliphatic carbocycles. The normalized spacial score (nSPS) is 14.3. The Hall–Kier alpha value is -0.860. The fourth-order valence-electron chi connectivity index (χ4n) is 1.87. The predicted molar refractivity (Wildman–Crippen MR) is 82.8 cm³/mol. The zero-order valence-electron chi connectivity index (χ0n) is 12.1. The number of aliphatic hydroxyl groups excluding tert-OH is 1. The van der Waals surface area contributed by atoms with Crippen molar-refractivity contribution in [2.75, 3.05) is 33.4 Å². The zero-order valence-corrected chi connectivity index (χ0v) is 12.9. The van der Waals surface area contributed by atoms with E-state index in [9.17, 15) is 0 Å². The van der Waals surface area contributed by atoms with Gasteiger partial charge in [0, 0.05) is 36.6 Å². The van der Waals surface area contributed by atoms with Gasteiger partial charge in [-0.3, -0.25) is 4.90 Å². The van der Waals surface area contributed by atoms with Crippen LogP contribution in [0, 0.1) is 17.8 Å². The highest BCUT2D eigenvalue weighted by atomic mass is 32.1. The third-order valence-corrected chi connectivity index (χ3v) is 4.19. The summed E-state index contributed by atoms with van der Waals surface area (Å²) in [5.41, 5.74) is 1.09. The van der Waals surface area contributed by atoms with E-state index in [0.29, 0.717) is 6.42 Å². The highest BCUT2D eigenvalue weighted by Gasteiger charge is 2.20. The lowest BCUT2D eigenvalue weighted by Gasteiger charge is -2.16. The third kappa shape index (κ3) is 5.64. The molecule has 0 unspecified atom stereocenters. The van der Waals surface area contributed by atoms with Crippen molar-refractivity contribution in [3.05, 3.63) is 21.9 Å². The van der Waals surface area contributed by atoms with E-state index >= 15 is 0 Å². The van der Waals surface area contributed by atoms with Crippen molar-refractivity contribution in [2.24, 2.45) is 5.92 Å². The van der Waals surface area contributed by atoms with Crippen molar-refractivity contribution >= 4 is 11.3 Å². The molecule has 1 aliphatic rings. The van der Waals surface area contributed by atoms with E-state index in [1.807, 2.05) is 0 Å². The third-order valence-electron chi connectivity index (χ3n) is 3.29. The van der Waals surface area contributed by atoms with E-state index in [4.69, 9.17) is 9.84 Å². The Morgan fingerprint density at radius 2 is 2.35 bits per heavy atom. The second-order valence-corrected chi connectivity index (χ2v) is 6.29. The topological polar surface area (TPSA) is 32.7 Å². The fourth-order valence-corrected chi connectivity index (χ4v) is 2.78. The van der Waals surface area contributed by atoms with Crippen LogP contribution in [-0.2, 0) is 11.3 Å². The number of aliphatic hydroxyl groups is 1. The SMILES string of the molecule is CN(CCOCC1CC1)Cc1sccc1C#CCCO. The van der Waals surface area contributed by atoms with E-state index < -0.39 is 0 Å². The first-order valence-corrected chi connectivity index (χ1v) is 8.10. The molecule has 20 heavy (non-hydrogen) atoms. The van der Waals surface area contributed by atoms with Crippen LogP contribution in [0.15, 0.2) is 11.4 Å². The first kappa shape index (κ1) is 15.5. The van der Waals surface area contributed by atoms with Crippen molar-refractivity contribution in [3.8, 4) is 11.8 Å². The van der Waals surface area contributed by atoms with Crippen molar-refractivity contribution in [1.82, 2.24) is 4.90 Å². The van der Waals surface area contributed by atoms with Crippen LogP contribution in [-0.4, -0.2) is 43.4 Å². The van der Waals surface area contributed by atoms with Gasteiger partial charge in [-0.1, -0.05) is 11.8 Å². The second kappa shape index (κ2) is 8.43. The number of hydrogen-bond donors (Lipinski definition) is 1. The molecule has 0 atom stereocenters. The summed E-state index contributed by atoms with van der Waals surface area (Å²) in [4.78, 5) is 3.57. The van der Waals surface area contributed by atoms with Crippen LogP contribution < -0.4 is 0 Å². The van der Waals surface area contributed by atoms with Gasteiger partial charge >= 0.3 is 0 Å². The first-order valence-electron chi connectivity index (χ1n) is 7.22. The maximum atomic E-state index is 8.75. The number of nitrogens with zero attached hydrogens (tertiary/aromatic N) is 1. The minimum Gasteiger partial charge on any atom is -0.395 e. The first-order chi connectivity index (χ1) is 9.79. The number of ether oxygens (including phenoxy) is 1. The minimum atomic E-state index is 0.130. The number of hydrogen-bond acceptors (Lipinski definition) is 4. The summed E-state index contributed by atoms with van der Waals surface area (Å²) in [6.07, 6.45) is 3.24. The fraction of sp³-hybridized carbons (Fsp3) is 0.625. The zero-order chi connectivity index (χ0) is 14.2. The highest BCUT2D eigenvalue weighted by Crippen LogP contribution is 2.28. The molecule has 1 saturated carbocycles. The Balaban J connectivity index is 1.71. The van der Waals surface area contributed by atoms with Gasteiger partial charge in [0.05, 0.1) is 13.2 Å². The second-order valence-electron chi connectivity index (χ2n) is 5.29. The molecule has 0 aromatic carbocycles. The van der Waals surface area contributed by atoms with Gasteiger partial charge in [0.2, 0.25) is 0 Å². The van der Waals surface area contributed by atoms with Crippen molar-refractivity contribution in [3.63, 3.8) is 0 Å². The van der Waals surface area contributed by atoms with Crippen LogP contribution in [0.1, 0.15) is 29.7 Å². The molecule has 1 fully saturated rings. The molecular weight excluding hydrogens is 270 g/mol. The summed E-state index contributed by atoms with van der Waals surface area (Å²) in [6.45, 7) is 3.74.